The normalized spacial score (nSPS) is 15.5. The van der Waals surface area contributed by atoms with E-state index in [1.54, 1.807) is 0 Å². The van der Waals surface area contributed by atoms with Gasteiger partial charge in [0.2, 0.25) is 0 Å². The first-order valence-electron chi connectivity index (χ1n) is 18.8. The predicted octanol–water partition coefficient (Wildman–Crippen LogP) is 11.3. The van der Waals surface area contributed by atoms with Crippen LogP contribution in [0.1, 0.15) is 27.7 Å². The van der Waals surface area contributed by atoms with Crippen molar-refractivity contribution in [2.45, 2.75) is 38.9 Å². The zero-order valence-electron chi connectivity index (χ0n) is 30.7. The largest absolute Gasteiger partial charge is 0.494 e. The smallest absolute Gasteiger partial charge is 0.399 e. The average molecular weight is 700 g/mol. The minimum Gasteiger partial charge on any atom is -0.399 e. The van der Waals surface area contributed by atoms with Gasteiger partial charge in [0.25, 0.3) is 0 Å². The number of benzene rings is 7. The van der Waals surface area contributed by atoms with E-state index < -0.39 is 18.3 Å². The highest BCUT2D eigenvalue weighted by Crippen LogP contribution is 2.40. The van der Waals surface area contributed by atoms with Crippen LogP contribution in [0, 0.1) is 0 Å². The fraction of sp³-hybridized carbons (Fsp3) is 0.125. The lowest BCUT2D eigenvalue weighted by Gasteiger charge is -2.32. The fourth-order valence-electron chi connectivity index (χ4n) is 8.72. The molecule has 7 aromatic carbocycles. The molecule has 0 radical (unpaired) electrons. The zero-order valence-corrected chi connectivity index (χ0v) is 30.7. The van der Waals surface area contributed by atoms with Crippen LogP contribution in [0.4, 0.5) is 0 Å². The molecule has 0 saturated carbocycles. The average Bonchev–Trinajstić information content (AvgIpc) is 3.88. The van der Waals surface area contributed by atoms with Crippen molar-refractivity contribution >= 4 is 78.0 Å². The monoisotopic (exact) mass is 699 g/mol. The molecule has 0 spiro atoms. The lowest BCUT2D eigenvalue weighted by atomic mass is 9.79. The van der Waals surface area contributed by atoms with Gasteiger partial charge in [-0.25, -0.2) is 0 Å². The third-order valence-electron chi connectivity index (χ3n) is 12.1. The maximum absolute atomic E-state index is 6.41. The second kappa shape index (κ2) is 11.2. The summed E-state index contributed by atoms with van der Waals surface area (Å²) in [6.45, 7) is 8.39. The summed E-state index contributed by atoms with van der Waals surface area (Å²) in [5.74, 6) is 0. The fourth-order valence-corrected chi connectivity index (χ4v) is 8.72. The Morgan fingerprint density at radius 3 is 1.06 bits per heavy atom. The first-order valence-corrected chi connectivity index (χ1v) is 18.8. The maximum atomic E-state index is 6.41. The van der Waals surface area contributed by atoms with Crippen LogP contribution in [0.25, 0.3) is 82.5 Å². The summed E-state index contributed by atoms with van der Waals surface area (Å²) in [4.78, 5) is 0. The molecule has 4 heterocycles. The number of hydrogen-bond acceptors (Lipinski definition) is 2. The summed E-state index contributed by atoms with van der Waals surface area (Å²) >= 11 is 0. The van der Waals surface area contributed by atoms with Gasteiger partial charge in [0.05, 0.1) is 44.3 Å². The van der Waals surface area contributed by atoms with Gasteiger partial charge in [-0.05, 0) is 106 Å². The van der Waals surface area contributed by atoms with E-state index >= 15 is 0 Å². The lowest BCUT2D eigenvalue weighted by molar-refractivity contribution is 0.00578. The first-order chi connectivity index (χ1) is 26.3. The summed E-state index contributed by atoms with van der Waals surface area (Å²) in [6.07, 6.45) is 0. The van der Waals surface area contributed by atoms with Gasteiger partial charge in [0.1, 0.15) is 0 Å². The number of aromatic nitrogens is 3. The lowest BCUT2D eigenvalue weighted by Crippen LogP contribution is -2.41. The number of nitrogens with zero attached hydrogens (tertiary/aromatic N) is 3. The van der Waals surface area contributed by atoms with E-state index in [9.17, 15) is 0 Å². The minimum absolute atomic E-state index is 0.397. The molecule has 0 amide bonds. The van der Waals surface area contributed by atoms with Crippen molar-refractivity contribution in [2.75, 3.05) is 0 Å². The highest BCUT2D eigenvalue weighted by atomic mass is 16.7. The molecule has 1 aliphatic rings. The molecule has 0 bridgehead atoms. The van der Waals surface area contributed by atoms with E-state index in [1.807, 2.05) is 0 Å². The Balaban J connectivity index is 1.15. The van der Waals surface area contributed by atoms with E-state index in [4.69, 9.17) is 9.31 Å². The van der Waals surface area contributed by atoms with Crippen molar-refractivity contribution in [1.29, 1.82) is 0 Å². The molecule has 260 valence electrons. The molecule has 1 saturated heterocycles. The third kappa shape index (κ3) is 4.41. The molecule has 0 N–H and O–H groups in total. The van der Waals surface area contributed by atoms with Crippen molar-refractivity contribution in [3.8, 4) is 17.1 Å². The standard InChI is InChI=1S/C48H38BN3O2/c1-47(2)48(3,4)54-49(53-47)31-21-23-32(24-22-31)50-45-27-25-33(51-41-17-9-5-13-35(41)36-14-6-10-18-42(36)51)29-39(45)40-30-34(26-28-46(40)50)52-43-19-11-7-15-37(43)38-16-8-12-20-44(38)52/h5-30H,1-4H3. The molecule has 3 aromatic heterocycles. The molecule has 1 fully saturated rings. The predicted molar refractivity (Wildman–Crippen MR) is 225 cm³/mol. The molecule has 0 unspecified atom stereocenters. The van der Waals surface area contributed by atoms with Crippen LogP contribution in [0.2, 0.25) is 0 Å². The van der Waals surface area contributed by atoms with Crippen LogP contribution in [-0.4, -0.2) is 32.0 Å². The van der Waals surface area contributed by atoms with E-state index in [1.165, 1.54) is 54.4 Å². The zero-order chi connectivity index (χ0) is 36.3. The van der Waals surface area contributed by atoms with Gasteiger partial charge in [-0.2, -0.15) is 0 Å². The van der Waals surface area contributed by atoms with Gasteiger partial charge in [-0.3, -0.25) is 0 Å². The van der Waals surface area contributed by atoms with E-state index in [0.717, 1.165) is 33.6 Å². The van der Waals surface area contributed by atoms with Crippen LogP contribution in [-0.2, 0) is 9.31 Å². The molecule has 10 aromatic rings. The van der Waals surface area contributed by atoms with Gasteiger partial charge in [0, 0.05) is 49.4 Å². The minimum atomic E-state index is -0.412. The Bertz CT molecular complexity index is 2830. The first kappa shape index (κ1) is 31.5. The van der Waals surface area contributed by atoms with Gasteiger partial charge in [-0.1, -0.05) is 84.9 Å². The van der Waals surface area contributed by atoms with Crippen molar-refractivity contribution in [3.63, 3.8) is 0 Å². The molecule has 5 nitrogen and oxygen atoms in total. The number of rotatable bonds is 4. The van der Waals surface area contributed by atoms with Gasteiger partial charge >= 0.3 is 7.12 Å². The second-order valence-corrected chi connectivity index (χ2v) is 15.7. The van der Waals surface area contributed by atoms with Crippen molar-refractivity contribution in [3.05, 3.63) is 158 Å². The topological polar surface area (TPSA) is 33.2 Å². The summed E-state index contributed by atoms with van der Waals surface area (Å²) in [5.41, 5.74) is 10.7. The highest BCUT2D eigenvalue weighted by Gasteiger charge is 2.51. The Kier molecular flexibility index (Phi) is 6.53. The molecule has 0 aliphatic carbocycles. The van der Waals surface area contributed by atoms with Crippen LogP contribution in [0.15, 0.2) is 158 Å². The summed E-state index contributed by atoms with van der Waals surface area (Å²) in [6, 6.07) is 57.4. The Hall–Kier alpha value is -6.08. The van der Waals surface area contributed by atoms with Crippen LogP contribution < -0.4 is 5.46 Å². The number of hydrogen-bond donors (Lipinski definition) is 0. The third-order valence-corrected chi connectivity index (χ3v) is 12.1. The Morgan fingerprint density at radius 2 is 0.667 bits per heavy atom. The molecule has 54 heavy (non-hydrogen) atoms. The van der Waals surface area contributed by atoms with Gasteiger partial charge in [0.15, 0.2) is 0 Å². The van der Waals surface area contributed by atoms with Gasteiger partial charge < -0.3 is 23.0 Å². The second-order valence-electron chi connectivity index (χ2n) is 15.7. The number of para-hydroxylation sites is 4. The molecular weight excluding hydrogens is 661 g/mol. The van der Waals surface area contributed by atoms with E-state index in [2.05, 4.69) is 199 Å². The van der Waals surface area contributed by atoms with Crippen LogP contribution in [0.5, 0.6) is 0 Å². The van der Waals surface area contributed by atoms with Crippen molar-refractivity contribution < 1.29 is 9.31 Å². The quantitative estimate of drug-likeness (QED) is 0.171. The van der Waals surface area contributed by atoms with Crippen LogP contribution in [0.3, 0.4) is 0 Å². The highest BCUT2D eigenvalue weighted by molar-refractivity contribution is 6.62. The van der Waals surface area contributed by atoms with Crippen molar-refractivity contribution in [1.82, 2.24) is 13.7 Å². The molecule has 6 heteroatoms. The van der Waals surface area contributed by atoms with Gasteiger partial charge in [-0.15, -0.1) is 0 Å². The Morgan fingerprint density at radius 1 is 0.352 bits per heavy atom. The molecular formula is C48H38BN3O2. The maximum Gasteiger partial charge on any atom is 0.494 e. The molecule has 0 atom stereocenters. The SMILES string of the molecule is CC1(C)OB(c2ccc(-n3c4ccc(-n5c6ccccc6c6ccccc65)cc4c4cc(-n5c6ccccc6c6ccccc65)ccc43)cc2)OC1(C)C. The molecule has 1 aliphatic heterocycles. The number of fused-ring (bicyclic) bond motifs is 9. The summed E-state index contributed by atoms with van der Waals surface area (Å²) in [5, 5.41) is 7.42. The van der Waals surface area contributed by atoms with Crippen molar-refractivity contribution in [2.24, 2.45) is 0 Å². The molecule has 11 rings (SSSR count). The summed E-state index contributed by atoms with van der Waals surface area (Å²) < 4.78 is 20.0. The van der Waals surface area contributed by atoms with E-state index in [-0.39, 0.29) is 0 Å². The summed E-state index contributed by atoms with van der Waals surface area (Å²) in [7, 11) is -0.412. The Labute approximate surface area is 313 Å². The van der Waals surface area contributed by atoms with Crippen LogP contribution >= 0.6 is 0 Å². The van der Waals surface area contributed by atoms with E-state index in [0.29, 0.717) is 0 Å².